The summed E-state index contributed by atoms with van der Waals surface area (Å²) >= 11 is 5.61. The third-order valence-electron chi connectivity index (χ3n) is 2.19. The molecule has 1 amide bonds. The van der Waals surface area contributed by atoms with Crippen LogP contribution < -0.4 is 10.5 Å². The summed E-state index contributed by atoms with van der Waals surface area (Å²) in [7, 11) is 0. The Balaban J connectivity index is 2.47. The van der Waals surface area contributed by atoms with E-state index in [9.17, 15) is 13.6 Å². The number of ether oxygens (including phenoxy) is 1. The zero-order chi connectivity index (χ0) is 14.7. The Bertz CT molecular complexity index is 654. The number of rotatable bonds is 3. The van der Waals surface area contributed by atoms with Crippen LogP contribution in [0.25, 0.3) is 11.4 Å². The summed E-state index contributed by atoms with van der Waals surface area (Å²) in [5.74, 6) is -0.406. The lowest BCUT2D eigenvalue weighted by molar-refractivity contribution is 0.141. The van der Waals surface area contributed by atoms with E-state index in [1.165, 1.54) is 18.3 Å². The van der Waals surface area contributed by atoms with Gasteiger partial charge in [-0.05, 0) is 29.8 Å². The molecule has 2 rings (SSSR count). The maximum atomic E-state index is 12.9. The summed E-state index contributed by atoms with van der Waals surface area (Å²) in [5, 5.41) is -0.0413. The zero-order valence-electron chi connectivity index (χ0n) is 9.76. The molecule has 0 spiro atoms. The Hall–Kier alpha value is -2.35. The third kappa shape index (κ3) is 3.15. The zero-order valence-corrected chi connectivity index (χ0v) is 10.5. The summed E-state index contributed by atoms with van der Waals surface area (Å²) in [4.78, 5) is 21.9. The maximum absolute atomic E-state index is 12.9. The fourth-order valence-electron chi connectivity index (χ4n) is 1.43. The van der Waals surface area contributed by atoms with Crippen LogP contribution in [-0.4, -0.2) is 21.0 Å². The number of carbonyl (C=O) groups is 1. The molecule has 0 fully saturated rings. The van der Waals surface area contributed by atoms with Crippen LogP contribution in [0.1, 0.15) is 12.1 Å². The van der Waals surface area contributed by atoms with Gasteiger partial charge in [-0.1, -0.05) is 0 Å². The first kappa shape index (κ1) is 14.1. The van der Waals surface area contributed by atoms with E-state index >= 15 is 0 Å². The first-order chi connectivity index (χ1) is 9.47. The molecule has 2 heterocycles. The number of alkyl halides is 2. The van der Waals surface area contributed by atoms with Gasteiger partial charge in [0.05, 0.1) is 11.4 Å². The van der Waals surface area contributed by atoms with Crippen LogP contribution in [-0.2, 0) is 0 Å². The smallest absolute Gasteiger partial charge is 0.408 e. The van der Waals surface area contributed by atoms with Crippen molar-refractivity contribution in [2.45, 2.75) is 6.43 Å². The lowest BCUT2D eigenvalue weighted by atomic mass is 10.2. The second kappa shape index (κ2) is 5.74. The Morgan fingerprint density at radius 1 is 1.25 bits per heavy atom. The van der Waals surface area contributed by atoms with E-state index in [2.05, 4.69) is 19.7 Å². The first-order valence-corrected chi connectivity index (χ1v) is 5.60. The number of halogens is 3. The van der Waals surface area contributed by atoms with Crippen LogP contribution >= 0.6 is 11.6 Å². The van der Waals surface area contributed by atoms with Crippen LogP contribution in [0.2, 0.25) is 5.28 Å². The van der Waals surface area contributed by atoms with Crippen LogP contribution in [0, 0.1) is 0 Å². The van der Waals surface area contributed by atoms with E-state index < -0.39 is 24.0 Å². The van der Waals surface area contributed by atoms with Crippen molar-refractivity contribution >= 4 is 17.7 Å². The molecule has 0 radical (unpaired) electrons. The van der Waals surface area contributed by atoms with Gasteiger partial charge < -0.3 is 10.5 Å². The van der Waals surface area contributed by atoms with Crippen molar-refractivity contribution in [1.82, 2.24) is 15.0 Å². The SMILES string of the molecule is NC(=O)Oc1ccc(-c2ccnc(Cl)n2)nc1C(F)F. The molecular weight excluding hydrogens is 294 g/mol. The molecule has 0 aromatic carbocycles. The van der Waals surface area contributed by atoms with Crippen molar-refractivity contribution in [3.63, 3.8) is 0 Å². The normalized spacial score (nSPS) is 10.6. The second-order valence-corrected chi connectivity index (χ2v) is 3.85. The highest BCUT2D eigenvalue weighted by Crippen LogP contribution is 2.29. The summed E-state index contributed by atoms with van der Waals surface area (Å²) in [5.41, 5.74) is 4.48. The van der Waals surface area contributed by atoms with Crippen LogP contribution in [0.5, 0.6) is 5.75 Å². The average molecular weight is 301 g/mol. The van der Waals surface area contributed by atoms with E-state index in [0.29, 0.717) is 0 Å². The minimum atomic E-state index is -2.94. The first-order valence-electron chi connectivity index (χ1n) is 5.22. The van der Waals surface area contributed by atoms with Gasteiger partial charge >= 0.3 is 6.09 Å². The van der Waals surface area contributed by atoms with Crippen molar-refractivity contribution in [2.75, 3.05) is 0 Å². The number of nitrogens with zero attached hydrogens (tertiary/aromatic N) is 3. The van der Waals surface area contributed by atoms with Gasteiger partial charge in [-0.25, -0.2) is 28.5 Å². The van der Waals surface area contributed by atoms with Gasteiger partial charge in [-0.2, -0.15) is 0 Å². The molecule has 0 saturated heterocycles. The monoisotopic (exact) mass is 300 g/mol. The number of carbonyl (C=O) groups excluding carboxylic acids is 1. The highest BCUT2D eigenvalue weighted by Gasteiger charge is 2.19. The van der Waals surface area contributed by atoms with E-state index in [-0.39, 0.29) is 16.7 Å². The predicted molar refractivity (Wildman–Crippen MR) is 65.4 cm³/mol. The topological polar surface area (TPSA) is 91.0 Å². The molecule has 0 aliphatic rings. The molecule has 2 aromatic heterocycles. The largest absolute Gasteiger partial charge is 0.410 e. The van der Waals surface area contributed by atoms with Crippen molar-refractivity contribution in [1.29, 1.82) is 0 Å². The minimum Gasteiger partial charge on any atom is -0.408 e. The molecule has 0 atom stereocenters. The Morgan fingerprint density at radius 2 is 1.95 bits per heavy atom. The summed E-state index contributed by atoms with van der Waals surface area (Å²) < 4.78 is 30.3. The van der Waals surface area contributed by atoms with Crippen LogP contribution in [0.15, 0.2) is 24.4 Å². The lowest BCUT2D eigenvalue weighted by Crippen LogP contribution is -2.17. The molecule has 104 valence electrons. The van der Waals surface area contributed by atoms with Gasteiger partial charge in [0.1, 0.15) is 5.69 Å². The number of hydrogen-bond acceptors (Lipinski definition) is 5. The van der Waals surface area contributed by atoms with Gasteiger partial charge in [0.25, 0.3) is 6.43 Å². The summed E-state index contributed by atoms with van der Waals surface area (Å²) in [6.07, 6.45) is -2.78. The molecular formula is C11H7ClF2N4O2. The molecule has 9 heteroatoms. The fourth-order valence-corrected chi connectivity index (χ4v) is 1.58. The Morgan fingerprint density at radius 3 is 2.55 bits per heavy atom. The highest BCUT2D eigenvalue weighted by molar-refractivity contribution is 6.28. The number of primary amides is 1. The van der Waals surface area contributed by atoms with Gasteiger partial charge in [-0.15, -0.1) is 0 Å². The lowest BCUT2D eigenvalue weighted by Gasteiger charge is -2.09. The van der Waals surface area contributed by atoms with Crippen molar-refractivity contribution in [3.05, 3.63) is 35.4 Å². The highest BCUT2D eigenvalue weighted by atomic mass is 35.5. The van der Waals surface area contributed by atoms with Gasteiger partial charge in [-0.3, -0.25) is 0 Å². The minimum absolute atomic E-state index is 0.0413. The number of nitrogens with two attached hydrogens (primary N) is 1. The number of pyridine rings is 1. The van der Waals surface area contributed by atoms with Crippen LogP contribution in [0.3, 0.4) is 0 Å². The van der Waals surface area contributed by atoms with E-state index in [1.807, 2.05) is 0 Å². The van der Waals surface area contributed by atoms with E-state index in [1.54, 1.807) is 0 Å². The number of aromatic nitrogens is 3. The van der Waals surface area contributed by atoms with E-state index in [4.69, 9.17) is 17.3 Å². The second-order valence-electron chi connectivity index (χ2n) is 3.51. The predicted octanol–water partition coefficient (Wildman–Crippen LogP) is 2.59. The third-order valence-corrected chi connectivity index (χ3v) is 2.37. The number of hydrogen-bond donors (Lipinski definition) is 1. The Labute approximate surface area is 116 Å². The molecule has 0 saturated carbocycles. The van der Waals surface area contributed by atoms with Gasteiger partial charge in [0.15, 0.2) is 5.75 Å². The fraction of sp³-hybridized carbons (Fsp3) is 0.0909. The molecule has 0 aliphatic heterocycles. The molecule has 0 bridgehead atoms. The number of amides is 1. The van der Waals surface area contributed by atoms with Gasteiger partial charge in [0, 0.05) is 6.20 Å². The summed E-state index contributed by atoms with van der Waals surface area (Å²) in [6.45, 7) is 0. The van der Waals surface area contributed by atoms with Crippen LogP contribution in [0.4, 0.5) is 13.6 Å². The molecule has 0 unspecified atom stereocenters. The molecule has 6 nitrogen and oxygen atoms in total. The quantitative estimate of drug-likeness (QED) is 0.880. The standard InChI is InChI=1S/C11H7ClF2N4O2/c12-10-16-4-3-6(18-10)5-1-2-7(20-11(15)19)8(17-5)9(13)14/h1-4,9H,(H2,15,19). The molecule has 0 aliphatic carbocycles. The Kier molecular flexibility index (Phi) is 4.04. The molecule has 2 aromatic rings. The van der Waals surface area contributed by atoms with E-state index in [0.717, 1.165) is 6.07 Å². The molecule has 2 N–H and O–H groups in total. The average Bonchev–Trinajstić information content (AvgIpc) is 2.38. The van der Waals surface area contributed by atoms with Crippen molar-refractivity contribution in [3.8, 4) is 17.1 Å². The van der Waals surface area contributed by atoms with Crippen molar-refractivity contribution in [2.24, 2.45) is 5.73 Å². The maximum Gasteiger partial charge on any atom is 0.410 e. The van der Waals surface area contributed by atoms with Crippen molar-refractivity contribution < 1.29 is 18.3 Å². The summed E-state index contributed by atoms with van der Waals surface area (Å²) in [6, 6.07) is 3.96. The molecule has 20 heavy (non-hydrogen) atoms. The van der Waals surface area contributed by atoms with Gasteiger partial charge in [0.2, 0.25) is 5.28 Å².